The second kappa shape index (κ2) is 6.16. The van der Waals surface area contributed by atoms with Gasteiger partial charge in [0.2, 0.25) is 0 Å². The molecule has 2 rings (SSSR count). The van der Waals surface area contributed by atoms with Gasteiger partial charge in [0, 0.05) is 12.6 Å². The molecule has 3 heteroatoms. The summed E-state index contributed by atoms with van der Waals surface area (Å²) in [6.45, 7) is 3.24. The van der Waals surface area contributed by atoms with Gasteiger partial charge < -0.3 is 0 Å². The van der Waals surface area contributed by atoms with E-state index in [9.17, 15) is 4.39 Å². The summed E-state index contributed by atoms with van der Waals surface area (Å²) >= 11 is 3.25. The minimum absolute atomic E-state index is 0.187. The molecule has 1 aliphatic rings. The highest BCUT2D eigenvalue weighted by Gasteiger charge is 2.21. The van der Waals surface area contributed by atoms with Gasteiger partial charge in [-0.1, -0.05) is 13.0 Å². The minimum Gasteiger partial charge on any atom is -0.299 e. The zero-order valence-electron chi connectivity index (χ0n) is 11.1. The van der Waals surface area contributed by atoms with E-state index < -0.39 is 0 Å². The van der Waals surface area contributed by atoms with Crippen LogP contribution in [0.25, 0.3) is 0 Å². The molecule has 0 spiro atoms. The van der Waals surface area contributed by atoms with Gasteiger partial charge in [-0.2, -0.15) is 0 Å². The molecular weight excluding hydrogens is 293 g/mol. The summed E-state index contributed by atoms with van der Waals surface area (Å²) in [6, 6.07) is 5.99. The van der Waals surface area contributed by atoms with Gasteiger partial charge in [0.05, 0.1) is 4.47 Å². The Bertz CT molecular complexity index is 399. The highest BCUT2D eigenvalue weighted by atomic mass is 79.9. The second-order valence-corrected chi connectivity index (χ2v) is 6.43. The molecule has 1 saturated carbocycles. The summed E-state index contributed by atoms with van der Waals surface area (Å²) in [5.74, 6) is 0.697. The van der Waals surface area contributed by atoms with Crippen molar-refractivity contribution in [3.63, 3.8) is 0 Å². The molecule has 0 unspecified atom stereocenters. The number of nitrogens with zero attached hydrogens (tertiary/aromatic N) is 1. The van der Waals surface area contributed by atoms with Crippen molar-refractivity contribution in [1.82, 2.24) is 4.90 Å². The van der Waals surface area contributed by atoms with Gasteiger partial charge in [-0.15, -0.1) is 0 Å². The summed E-state index contributed by atoms with van der Waals surface area (Å²) in [5, 5.41) is 0. The molecule has 0 atom stereocenters. The first-order valence-electron chi connectivity index (χ1n) is 6.70. The lowest BCUT2D eigenvalue weighted by molar-refractivity contribution is 0.164. The molecule has 0 bridgehead atoms. The molecule has 0 saturated heterocycles. The highest BCUT2D eigenvalue weighted by Crippen LogP contribution is 2.27. The van der Waals surface area contributed by atoms with E-state index in [0.29, 0.717) is 10.5 Å². The fraction of sp³-hybridized carbons (Fsp3) is 0.600. The van der Waals surface area contributed by atoms with Crippen molar-refractivity contribution in [3.05, 3.63) is 34.1 Å². The molecule has 0 amide bonds. The predicted molar refractivity (Wildman–Crippen MR) is 77.0 cm³/mol. The molecule has 0 aliphatic heterocycles. The molecule has 1 aromatic rings. The molecule has 0 N–H and O–H groups in total. The summed E-state index contributed by atoms with van der Waals surface area (Å²) in [6.07, 6.45) is 5.25. The first-order valence-corrected chi connectivity index (χ1v) is 7.49. The molecule has 18 heavy (non-hydrogen) atoms. The zero-order valence-corrected chi connectivity index (χ0v) is 12.7. The Balaban J connectivity index is 1.94. The van der Waals surface area contributed by atoms with Crippen molar-refractivity contribution in [2.45, 2.75) is 45.2 Å². The SMILES string of the molecule is CC1CCC(N(C)Cc2ccc(F)c(Br)c2)CC1. The molecule has 1 aromatic carbocycles. The van der Waals surface area contributed by atoms with E-state index in [2.05, 4.69) is 34.8 Å². The summed E-state index contributed by atoms with van der Waals surface area (Å²) in [7, 11) is 2.18. The largest absolute Gasteiger partial charge is 0.299 e. The molecule has 1 nitrogen and oxygen atoms in total. The van der Waals surface area contributed by atoms with E-state index in [-0.39, 0.29) is 5.82 Å². The number of rotatable bonds is 3. The van der Waals surface area contributed by atoms with Crippen LogP contribution in [0.2, 0.25) is 0 Å². The van der Waals surface area contributed by atoms with Gasteiger partial charge in [0.1, 0.15) is 5.82 Å². The Morgan fingerprint density at radius 2 is 1.94 bits per heavy atom. The number of benzene rings is 1. The molecule has 0 heterocycles. The maximum absolute atomic E-state index is 13.2. The number of hydrogen-bond acceptors (Lipinski definition) is 1. The minimum atomic E-state index is -0.187. The molecule has 1 fully saturated rings. The van der Waals surface area contributed by atoms with Crippen LogP contribution in [0.1, 0.15) is 38.2 Å². The van der Waals surface area contributed by atoms with Crippen molar-refractivity contribution < 1.29 is 4.39 Å². The first kappa shape index (κ1) is 14.0. The third-order valence-corrected chi connectivity index (χ3v) is 4.63. The Morgan fingerprint density at radius 3 is 2.56 bits per heavy atom. The zero-order chi connectivity index (χ0) is 13.1. The van der Waals surface area contributed by atoms with Gasteiger partial charge in [0.15, 0.2) is 0 Å². The quantitative estimate of drug-likeness (QED) is 0.788. The molecule has 1 aliphatic carbocycles. The van der Waals surface area contributed by atoms with Gasteiger partial charge in [-0.25, -0.2) is 4.39 Å². The maximum Gasteiger partial charge on any atom is 0.137 e. The smallest absolute Gasteiger partial charge is 0.137 e. The molecule has 100 valence electrons. The third kappa shape index (κ3) is 3.55. The van der Waals surface area contributed by atoms with Crippen LogP contribution in [0.4, 0.5) is 4.39 Å². The Labute approximate surface area is 118 Å². The monoisotopic (exact) mass is 313 g/mol. The average Bonchev–Trinajstić information content (AvgIpc) is 2.34. The topological polar surface area (TPSA) is 3.24 Å². The summed E-state index contributed by atoms with van der Waals surface area (Å²) in [4.78, 5) is 2.41. The van der Waals surface area contributed by atoms with Crippen LogP contribution < -0.4 is 0 Å². The van der Waals surface area contributed by atoms with Crippen LogP contribution in [-0.2, 0) is 6.54 Å². The van der Waals surface area contributed by atoms with E-state index in [1.165, 1.54) is 37.3 Å². The fourth-order valence-corrected chi connectivity index (χ4v) is 3.16. The standard InChI is InChI=1S/C15H21BrFN/c1-11-3-6-13(7-4-11)18(2)10-12-5-8-15(17)14(16)9-12/h5,8-9,11,13H,3-4,6-7,10H2,1-2H3. The highest BCUT2D eigenvalue weighted by molar-refractivity contribution is 9.10. The lowest BCUT2D eigenvalue weighted by Crippen LogP contribution is -2.34. The molecular formula is C15H21BrFN. The van der Waals surface area contributed by atoms with E-state index in [1.54, 1.807) is 0 Å². The van der Waals surface area contributed by atoms with Crippen LogP contribution in [0.15, 0.2) is 22.7 Å². The van der Waals surface area contributed by atoms with Crippen molar-refractivity contribution >= 4 is 15.9 Å². The third-order valence-electron chi connectivity index (χ3n) is 4.02. The van der Waals surface area contributed by atoms with Gasteiger partial charge >= 0.3 is 0 Å². The van der Waals surface area contributed by atoms with Crippen LogP contribution in [0, 0.1) is 11.7 Å². The van der Waals surface area contributed by atoms with Crippen LogP contribution in [0.3, 0.4) is 0 Å². The Morgan fingerprint density at radius 1 is 1.28 bits per heavy atom. The van der Waals surface area contributed by atoms with E-state index in [0.717, 1.165) is 12.5 Å². The predicted octanol–water partition coefficient (Wildman–Crippen LogP) is 4.60. The average molecular weight is 314 g/mol. The first-order chi connectivity index (χ1) is 8.56. The maximum atomic E-state index is 13.2. The van der Waals surface area contributed by atoms with Gasteiger partial charge in [-0.05, 0) is 72.3 Å². The van der Waals surface area contributed by atoms with Gasteiger partial charge in [0.25, 0.3) is 0 Å². The Hall–Kier alpha value is -0.410. The number of hydrogen-bond donors (Lipinski definition) is 0. The fourth-order valence-electron chi connectivity index (χ4n) is 2.74. The second-order valence-electron chi connectivity index (χ2n) is 5.58. The van der Waals surface area contributed by atoms with Crippen LogP contribution in [0.5, 0.6) is 0 Å². The van der Waals surface area contributed by atoms with E-state index in [1.807, 2.05) is 12.1 Å². The normalized spacial score (nSPS) is 24.5. The summed E-state index contributed by atoms with van der Waals surface area (Å²) in [5.41, 5.74) is 1.17. The van der Waals surface area contributed by atoms with Crippen LogP contribution >= 0.6 is 15.9 Å². The van der Waals surface area contributed by atoms with Gasteiger partial charge in [-0.3, -0.25) is 4.90 Å². The molecule has 0 aromatic heterocycles. The van der Waals surface area contributed by atoms with Crippen molar-refractivity contribution in [2.24, 2.45) is 5.92 Å². The van der Waals surface area contributed by atoms with E-state index in [4.69, 9.17) is 0 Å². The summed E-state index contributed by atoms with van der Waals surface area (Å²) < 4.78 is 13.7. The Kier molecular flexibility index (Phi) is 4.79. The molecule has 0 radical (unpaired) electrons. The van der Waals surface area contributed by atoms with E-state index >= 15 is 0 Å². The van der Waals surface area contributed by atoms with Crippen molar-refractivity contribution in [3.8, 4) is 0 Å². The van der Waals surface area contributed by atoms with Crippen molar-refractivity contribution in [2.75, 3.05) is 7.05 Å². The lowest BCUT2D eigenvalue weighted by Gasteiger charge is -2.33. The number of halogens is 2. The van der Waals surface area contributed by atoms with Crippen LogP contribution in [-0.4, -0.2) is 18.0 Å². The van der Waals surface area contributed by atoms with Crippen molar-refractivity contribution in [1.29, 1.82) is 0 Å². The lowest BCUT2D eigenvalue weighted by atomic mass is 9.86.